The molecule has 2 aromatic rings. The van der Waals surface area contributed by atoms with Crippen molar-refractivity contribution in [1.29, 1.82) is 0 Å². The zero-order valence-electron chi connectivity index (χ0n) is 12.3. The molecule has 0 aliphatic carbocycles. The first-order chi connectivity index (χ1) is 10.2. The fourth-order valence-corrected chi connectivity index (χ4v) is 2.42. The second-order valence-electron chi connectivity index (χ2n) is 5.38. The average molecular weight is 285 g/mol. The lowest BCUT2D eigenvalue weighted by molar-refractivity contribution is 0.0140. The number of hydrogen-bond donors (Lipinski definition) is 1. The topological polar surface area (TPSA) is 53.7 Å². The Morgan fingerprint density at radius 1 is 1.14 bits per heavy atom. The smallest absolute Gasteiger partial charge is 0.170 e. The first-order valence-electron chi connectivity index (χ1n) is 6.95. The number of ether oxygens (including phenoxy) is 3. The maximum Gasteiger partial charge on any atom is 0.170 e. The predicted molar refractivity (Wildman–Crippen MR) is 82.0 cm³/mol. The summed E-state index contributed by atoms with van der Waals surface area (Å²) >= 11 is 0. The van der Waals surface area contributed by atoms with Gasteiger partial charge in [-0.25, -0.2) is 0 Å². The van der Waals surface area contributed by atoms with E-state index in [0.717, 1.165) is 28.4 Å². The van der Waals surface area contributed by atoms with Crippen LogP contribution in [0.3, 0.4) is 0 Å². The van der Waals surface area contributed by atoms with Crippen LogP contribution in [0.5, 0.6) is 17.2 Å². The second kappa shape index (κ2) is 5.30. The van der Waals surface area contributed by atoms with E-state index in [1.54, 1.807) is 7.11 Å². The highest BCUT2D eigenvalue weighted by Gasteiger charge is 2.33. The van der Waals surface area contributed by atoms with E-state index in [1.807, 2.05) is 49.4 Å². The highest BCUT2D eigenvalue weighted by molar-refractivity contribution is 5.78. The van der Waals surface area contributed by atoms with Gasteiger partial charge in [-0.05, 0) is 19.1 Å². The van der Waals surface area contributed by atoms with Crippen LogP contribution in [0.25, 0.3) is 11.1 Å². The van der Waals surface area contributed by atoms with Crippen LogP contribution in [0, 0.1) is 0 Å². The van der Waals surface area contributed by atoms with Crippen LogP contribution < -0.4 is 19.9 Å². The summed E-state index contributed by atoms with van der Waals surface area (Å²) in [5.74, 6) is 2.26. The van der Waals surface area contributed by atoms with Gasteiger partial charge in [-0.1, -0.05) is 30.3 Å². The molecule has 0 amide bonds. The molecular formula is C17H19NO3. The minimum atomic E-state index is -0.509. The number of rotatable bonds is 3. The lowest BCUT2D eigenvalue weighted by Gasteiger charge is -2.35. The SMILES string of the molecule is COc1ccccc1-c1cccc2c1O[C@@](C)(CN)CO2. The normalized spacial score (nSPS) is 20.1. The van der Waals surface area contributed by atoms with E-state index in [1.165, 1.54) is 0 Å². The summed E-state index contributed by atoms with van der Waals surface area (Å²) in [6.45, 7) is 2.80. The molecule has 1 aliphatic rings. The summed E-state index contributed by atoms with van der Waals surface area (Å²) in [4.78, 5) is 0. The Labute approximate surface area is 124 Å². The van der Waals surface area contributed by atoms with Crippen molar-refractivity contribution in [3.05, 3.63) is 42.5 Å². The largest absolute Gasteiger partial charge is 0.496 e. The molecule has 110 valence electrons. The Hall–Kier alpha value is -2.20. The summed E-state index contributed by atoms with van der Waals surface area (Å²) in [5, 5.41) is 0. The van der Waals surface area contributed by atoms with Crippen molar-refractivity contribution < 1.29 is 14.2 Å². The molecule has 21 heavy (non-hydrogen) atoms. The molecule has 0 spiro atoms. The van der Waals surface area contributed by atoms with Gasteiger partial charge in [0.1, 0.15) is 12.4 Å². The number of nitrogens with two attached hydrogens (primary N) is 1. The monoisotopic (exact) mass is 285 g/mol. The number of methoxy groups -OCH3 is 1. The minimum Gasteiger partial charge on any atom is -0.496 e. The zero-order valence-corrected chi connectivity index (χ0v) is 12.3. The van der Waals surface area contributed by atoms with Gasteiger partial charge in [0.05, 0.1) is 7.11 Å². The molecule has 2 aromatic carbocycles. The average Bonchev–Trinajstić information content (AvgIpc) is 2.54. The first kappa shape index (κ1) is 13.8. The van der Waals surface area contributed by atoms with Crippen molar-refractivity contribution in [1.82, 2.24) is 0 Å². The maximum atomic E-state index is 6.15. The Morgan fingerprint density at radius 2 is 1.90 bits per heavy atom. The third kappa shape index (κ3) is 2.43. The summed E-state index contributed by atoms with van der Waals surface area (Å²) in [7, 11) is 1.66. The standard InChI is InChI=1S/C17H19NO3/c1-17(10-18)11-20-15-9-5-7-13(16(15)21-17)12-6-3-4-8-14(12)19-2/h3-9H,10-11,18H2,1-2H3/t17-/m0/s1. The van der Waals surface area contributed by atoms with Crippen molar-refractivity contribution in [2.45, 2.75) is 12.5 Å². The molecule has 4 nitrogen and oxygen atoms in total. The Bertz CT molecular complexity index is 656. The molecule has 0 saturated carbocycles. The predicted octanol–water partition coefficient (Wildman–Crippen LogP) is 2.85. The van der Waals surface area contributed by atoms with E-state index in [0.29, 0.717) is 13.2 Å². The number of fused-ring (bicyclic) bond motifs is 1. The van der Waals surface area contributed by atoms with Gasteiger partial charge in [-0.2, -0.15) is 0 Å². The Morgan fingerprint density at radius 3 is 2.67 bits per heavy atom. The van der Waals surface area contributed by atoms with Crippen LogP contribution in [0.2, 0.25) is 0 Å². The van der Waals surface area contributed by atoms with Crippen LogP contribution >= 0.6 is 0 Å². The maximum absolute atomic E-state index is 6.15. The van der Waals surface area contributed by atoms with Gasteiger partial charge in [-0.3, -0.25) is 0 Å². The molecule has 4 heteroatoms. The van der Waals surface area contributed by atoms with Crippen molar-refractivity contribution in [2.75, 3.05) is 20.3 Å². The van der Waals surface area contributed by atoms with E-state index in [4.69, 9.17) is 19.9 Å². The van der Waals surface area contributed by atoms with E-state index in [2.05, 4.69) is 0 Å². The van der Waals surface area contributed by atoms with Crippen LogP contribution in [-0.4, -0.2) is 25.9 Å². The summed E-state index contributed by atoms with van der Waals surface area (Å²) in [6.07, 6.45) is 0. The molecular weight excluding hydrogens is 266 g/mol. The minimum absolute atomic E-state index is 0.396. The number of para-hydroxylation sites is 2. The summed E-state index contributed by atoms with van der Waals surface area (Å²) in [6, 6.07) is 13.7. The van der Waals surface area contributed by atoms with Crippen LogP contribution in [0.1, 0.15) is 6.92 Å². The second-order valence-corrected chi connectivity index (χ2v) is 5.38. The first-order valence-corrected chi connectivity index (χ1v) is 6.95. The molecule has 0 aromatic heterocycles. The van der Waals surface area contributed by atoms with Crippen molar-refractivity contribution >= 4 is 0 Å². The van der Waals surface area contributed by atoms with E-state index in [-0.39, 0.29) is 0 Å². The van der Waals surface area contributed by atoms with Crippen LogP contribution in [0.4, 0.5) is 0 Å². The van der Waals surface area contributed by atoms with Crippen LogP contribution in [0.15, 0.2) is 42.5 Å². The highest BCUT2D eigenvalue weighted by atomic mass is 16.6. The van der Waals surface area contributed by atoms with Gasteiger partial charge < -0.3 is 19.9 Å². The quantitative estimate of drug-likeness (QED) is 0.942. The fourth-order valence-electron chi connectivity index (χ4n) is 2.42. The molecule has 0 fully saturated rings. The molecule has 0 unspecified atom stereocenters. The van der Waals surface area contributed by atoms with E-state index in [9.17, 15) is 0 Å². The van der Waals surface area contributed by atoms with E-state index < -0.39 is 5.60 Å². The van der Waals surface area contributed by atoms with Gasteiger partial charge in [0.15, 0.2) is 17.1 Å². The van der Waals surface area contributed by atoms with Gasteiger partial charge in [0.2, 0.25) is 0 Å². The molecule has 3 rings (SSSR count). The Balaban J connectivity index is 2.13. The number of hydrogen-bond acceptors (Lipinski definition) is 4. The zero-order chi connectivity index (χ0) is 14.9. The molecule has 0 radical (unpaired) electrons. The van der Waals surface area contributed by atoms with Gasteiger partial charge in [0.25, 0.3) is 0 Å². The molecule has 1 aliphatic heterocycles. The highest BCUT2D eigenvalue weighted by Crippen LogP contribution is 2.45. The Kier molecular flexibility index (Phi) is 3.47. The van der Waals surface area contributed by atoms with Gasteiger partial charge >= 0.3 is 0 Å². The van der Waals surface area contributed by atoms with Crippen molar-refractivity contribution in [3.8, 4) is 28.4 Å². The lowest BCUT2D eigenvalue weighted by Crippen LogP contribution is -2.48. The molecule has 0 saturated heterocycles. The van der Waals surface area contributed by atoms with E-state index >= 15 is 0 Å². The van der Waals surface area contributed by atoms with Crippen LogP contribution in [-0.2, 0) is 0 Å². The fraction of sp³-hybridized carbons (Fsp3) is 0.294. The third-order valence-corrected chi connectivity index (χ3v) is 3.69. The van der Waals surface area contributed by atoms with Crippen molar-refractivity contribution in [2.24, 2.45) is 5.73 Å². The molecule has 0 bridgehead atoms. The number of benzene rings is 2. The third-order valence-electron chi connectivity index (χ3n) is 3.69. The molecule has 1 atom stereocenters. The summed E-state index contributed by atoms with van der Waals surface area (Å²) < 4.78 is 17.4. The summed E-state index contributed by atoms with van der Waals surface area (Å²) in [5.41, 5.74) is 7.22. The van der Waals surface area contributed by atoms with Gasteiger partial charge in [0, 0.05) is 17.7 Å². The van der Waals surface area contributed by atoms with Crippen molar-refractivity contribution in [3.63, 3.8) is 0 Å². The molecule has 2 N–H and O–H groups in total. The lowest BCUT2D eigenvalue weighted by atomic mass is 10.0. The molecule has 1 heterocycles. The van der Waals surface area contributed by atoms with Gasteiger partial charge in [-0.15, -0.1) is 0 Å².